The van der Waals surface area contributed by atoms with Crippen LogP contribution in [-0.4, -0.2) is 26.4 Å². The van der Waals surface area contributed by atoms with Gasteiger partial charge in [-0.05, 0) is 12.0 Å². The summed E-state index contributed by atoms with van der Waals surface area (Å²) in [5.74, 6) is 0.336. The molecule has 0 saturated carbocycles. The minimum absolute atomic E-state index is 0.0314. The molecule has 0 amide bonds. The van der Waals surface area contributed by atoms with E-state index < -0.39 is 11.0 Å². The molecule has 0 fully saturated rings. The predicted molar refractivity (Wildman–Crippen MR) is 104 cm³/mol. The lowest BCUT2D eigenvalue weighted by Crippen LogP contribution is -2.37. The van der Waals surface area contributed by atoms with Crippen molar-refractivity contribution in [2.75, 3.05) is 0 Å². The van der Waals surface area contributed by atoms with Crippen LogP contribution >= 0.6 is 0 Å². The van der Waals surface area contributed by atoms with Gasteiger partial charge in [0, 0.05) is 60.1 Å². The second-order valence-electron chi connectivity index (χ2n) is 7.39. The third kappa shape index (κ3) is 2.69. The van der Waals surface area contributed by atoms with E-state index >= 15 is 0 Å². The largest absolute Gasteiger partial charge is 0.481 e. The van der Waals surface area contributed by atoms with Crippen molar-refractivity contribution in [2.45, 2.75) is 26.4 Å². The number of carbonyl (C=O) groups excluding carboxylic acids is 1. The first-order chi connectivity index (χ1) is 13.3. The molecule has 1 aromatic carbocycles. The number of ketones is 1. The van der Waals surface area contributed by atoms with Crippen molar-refractivity contribution >= 4 is 22.4 Å². The highest BCUT2D eigenvalue weighted by molar-refractivity contribution is 5.98. The summed E-state index contributed by atoms with van der Waals surface area (Å²) >= 11 is 0. The van der Waals surface area contributed by atoms with Crippen LogP contribution in [0.1, 0.15) is 19.4 Å². The molecule has 0 saturated heterocycles. The molecule has 1 aliphatic rings. The number of H-pyrrole nitrogens is 1. The third-order valence-electron chi connectivity index (χ3n) is 5.08. The van der Waals surface area contributed by atoms with Gasteiger partial charge in [0.1, 0.15) is 11.3 Å². The molecule has 1 unspecified atom stereocenters. The summed E-state index contributed by atoms with van der Waals surface area (Å²) in [4.78, 5) is 38.7. The average molecular weight is 381 g/mol. The zero-order chi connectivity index (χ0) is 20.2. The number of non-ortho nitro benzene ring substituents is 1. The van der Waals surface area contributed by atoms with E-state index in [1.54, 1.807) is 25.5 Å². The number of nitro groups is 1. The van der Waals surface area contributed by atoms with Gasteiger partial charge in [0.05, 0.1) is 4.92 Å². The molecule has 0 bridgehead atoms. The summed E-state index contributed by atoms with van der Waals surface area (Å²) in [6.45, 7) is 3.80. The maximum Gasteiger partial charge on any atom is 0.274 e. The van der Waals surface area contributed by atoms with Gasteiger partial charge in [-0.3, -0.25) is 19.7 Å². The number of nitro benzene ring substituents is 1. The molecular weight excluding hydrogens is 362 g/mol. The van der Waals surface area contributed by atoms with Crippen molar-refractivity contribution in [2.24, 2.45) is 13.0 Å². The number of aromatic amines is 1. The van der Waals surface area contributed by atoms with Gasteiger partial charge in [0.2, 0.25) is 0 Å². The molecule has 0 aliphatic carbocycles. The summed E-state index contributed by atoms with van der Waals surface area (Å²) in [5.41, 5.74) is 1.72. The van der Waals surface area contributed by atoms with Gasteiger partial charge < -0.3 is 14.3 Å². The normalized spacial score (nSPS) is 16.3. The summed E-state index contributed by atoms with van der Waals surface area (Å²) < 4.78 is 7.48. The molecule has 28 heavy (non-hydrogen) atoms. The van der Waals surface area contributed by atoms with E-state index in [0.717, 1.165) is 0 Å². The Morgan fingerprint density at radius 3 is 2.71 bits per heavy atom. The first-order valence-corrected chi connectivity index (χ1v) is 8.95. The Labute approximate surface area is 159 Å². The van der Waals surface area contributed by atoms with Gasteiger partial charge in [0.15, 0.2) is 11.9 Å². The number of nitrogens with zero attached hydrogens (tertiary/aromatic N) is 2. The highest BCUT2D eigenvalue weighted by Gasteiger charge is 2.34. The average Bonchev–Trinajstić information content (AvgIpc) is 3.13. The van der Waals surface area contributed by atoms with Crippen molar-refractivity contribution in [3.63, 3.8) is 0 Å². The van der Waals surface area contributed by atoms with Crippen LogP contribution in [0.4, 0.5) is 5.69 Å². The van der Waals surface area contributed by atoms with Gasteiger partial charge in [-0.15, -0.1) is 0 Å². The van der Waals surface area contributed by atoms with Gasteiger partial charge in [-0.25, -0.2) is 0 Å². The standard InChI is InChI=1S/C20H19N3O5/c1-10(2)18-16(24)7-11-6-12(23(26)27)8-14(19(11)28-18)15-9-22(3)20(25)17-13(15)4-5-21-17/h4-6,8-10,18,21H,7H2,1-3H3. The number of pyridine rings is 1. The van der Waals surface area contributed by atoms with Crippen molar-refractivity contribution in [1.29, 1.82) is 0 Å². The quantitative estimate of drug-likeness (QED) is 0.554. The van der Waals surface area contributed by atoms with E-state index in [4.69, 9.17) is 4.74 Å². The Bertz CT molecular complexity index is 1190. The minimum atomic E-state index is -0.609. The van der Waals surface area contributed by atoms with E-state index in [1.807, 2.05) is 13.8 Å². The first kappa shape index (κ1) is 18.0. The van der Waals surface area contributed by atoms with Gasteiger partial charge in [-0.2, -0.15) is 0 Å². The summed E-state index contributed by atoms with van der Waals surface area (Å²) in [5, 5.41) is 12.1. The lowest BCUT2D eigenvalue weighted by molar-refractivity contribution is -0.384. The molecule has 4 rings (SSSR count). The molecule has 1 atom stereocenters. The van der Waals surface area contributed by atoms with Crippen molar-refractivity contribution in [3.05, 3.63) is 56.6 Å². The SMILES string of the molecule is CC(C)C1Oc2c(cc([N+](=O)[O-])cc2-c2cn(C)c(=O)c3[nH]ccc23)CC1=O. The van der Waals surface area contributed by atoms with Gasteiger partial charge in [0.25, 0.3) is 11.2 Å². The Morgan fingerprint density at radius 1 is 1.29 bits per heavy atom. The highest BCUT2D eigenvalue weighted by atomic mass is 16.6. The Balaban J connectivity index is 2.04. The summed E-state index contributed by atoms with van der Waals surface area (Å²) in [6.07, 6.45) is 2.76. The van der Waals surface area contributed by atoms with Crippen LogP contribution in [0.2, 0.25) is 0 Å². The van der Waals surface area contributed by atoms with Crippen molar-refractivity contribution in [3.8, 4) is 16.9 Å². The van der Waals surface area contributed by atoms with E-state index in [9.17, 15) is 19.7 Å². The molecule has 3 heterocycles. The molecular formula is C20H19N3O5. The maximum absolute atomic E-state index is 12.5. The molecule has 144 valence electrons. The van der Waals surface area contributed by atoms with E-state index in [2.05, 4.69) is 4.98 Å². The molecule has 3 aromatic rings. The number of rotatable bonds is 3. The minimum Gasteiger partial charge on any atom is -0.481 e. The second kappa shape index (κ2) is 6.33. The van der Waals surface area contributed by atoms with Gasteiger partial charge >= 0.3 is 0 Å². The smallest absolute Gasteiger partial charge is 0.274 e. The van der Waals surface area contributed by atoms with Crippen LogP contribution in [0.25, 0.3) is 22.0 Å². The van der Waals surface area contributed by atoms with Crippen LogP contribution in [0.3, 0.4) is 0 Å². The fourth-order valence-electron chi connectivity index (χ4n) is 3.72. The number of Topliss-reactive ketones (excluding diaryl/α,β-unsaturated/α-hetero) is 1. The first-order valence-electron chi connectivity index (χ1n) is 8.95. The molecule has 0 spiro atoms. The van der Waals surface area contributed by atoms with Crippen molar-refractivity contribution < 1.29 is 14.5 Å². The van der Waals surface area contributed by atoms with E-state index in [1.165, 1.54) is 16.7 Å². The number of hydrogen-bond acceptors (Lipinski definition) is 5. The van der Waals surface area contributed by atoms with Crippen molar-refractivity contribution in [1.82, 2.24) is 9.55 Å². The monoisotopic (exact) mass is 381 g/mol. The van der Waals surface area contributed by atoms with Crippen LogP contribution in [-0.2, 0) is 18.3 Å². The topological polar surface area (TPSA) is 107 Å². The molecule has 8 nitrogen and oxygen atoms in total. The Morgan fingerprint density at radius 2 is 2.04 bits per heavy atom. The highest BCUT2D eigenvalue weighted by Crippen LogP contribution is 2.42. The number of nitrogens with one attached hydrogen (secondary N) is 1. The lowest BCUT2D eigenvalue weighted by atomic mass is 9.90. The van der Waals surface area contributed by atoms with E-state index in [-0.39, 0.29) is 29.4 Å². The van der Waals surface area contributed by atoms with Crippen LogP contribution < -0.4 is 10.3 Å². The van der Waals surface area contributed by atoms with Crippen LogP contribution in [0.15, 0.2) is 35.4 Å². The zero-order valence-corrected chi connectivity index (χ0v) is 15.7. The number of carbonyl (C=O) groups is 1. The van der Waals surface area contributed by atoms with Gasteiger partial charge in [-0.1, -0.05) is 13.8 Å². The number of hydrogen-bond donors (Lipinski definition) is 1. The fraction of sp³-hybridized carbons (Fsp3) is 0.300. The van der Waals surface area contributed by atoms with Crippen LogP contribution in [0.5, 0.6) is 5.75 Å². The Hall–Kier alpha value is -3.42. The van der Waals surface area contributed by atoms with Crippen LogP contribution in [0, 0.1) is 16.0 Å². The number of fused-ring (bicyclic) bond motifs is 2. The lowest BCUT2D eigenvalue weighted by Gasteiger charge is -2.29. The maximum atomic E-state index is 12.5. The third-order valence-corrected chi connectivity index (χ3v) is 5.08. The second-order valence-corrected chi connectivity index (χ2v) is 7.39. The fourth-order valence-corrected chi connectivity index (χ4v) is 3.72. The molecule has 1 aliphatic heterocycles. The number of aromatic nitrogens is 2. The molecule has 1 N–H and O–H groups in total. The predicted octanol–water partition coefficient (Wildman–Crippen LogP) is 2.97. The molecule has 2 aromatic heterocycles. The van der Waals surface area contributed by atoms with E-state index in [0.29, 0.717) is 33.3 Å². The Kier molecular flexibility index (Phi) is 4.06. The molecule has 0 radical (unpaired) electrons. The molecule has 8 heteroatoms. The number of aryl methyl sites for hydroxylation is 1. The number of benzene rings is 1. The summed E-state index contributed by atoms with van der Waals surface area (Å²) in [6, 6.07) is 4.59. The summed E-state index contributed by atoms with van der Waals surface area (Å²) in [7, 11) is 1.62. The zero-order valence-electron chi connectivity index (χ0n) is 15.7. The number of ether oxygens (including phenoxy) is 1.